The Kier molecular flexibility index (Phi) is 8.72. The molecule has 1 nitrogen and oxygen atoms in total. The Bertz CT molecular complexity index is 1390. The summed E-state index contributed by atoms with van der Waals surface area (Å²) in [5.74, 6) is 0. The number of likely N-dealkylation sites (N-methyl/N-ethyl adjacent to an activating group) is 1. The van der Waals surface area contributed by atoms with Crippen molar-refractivity contribution in [3.8, 4) is 0 Å². The second-order valence-electron chi connectivity index (χ2n) is 11.4. The van der Waals surface area contributed by atoms with E-state index in [-0.39, 0.29) is 10.8 Å². The molecule has 1 heterocycles. The first-order valence-corrected chi connectivity index (χ1v) is 15.4. The van der Waals surface area contributed by atoms with Crippen molar-refractivity contribution < 1.29 is 0 Å². The van der Waals surface area contributed by atoms with Crippen LogP contribution in [0.3, 0.4) is 0 Å². The van der Waals surface area contributed by atoms with Crippen molar-refractivity contribution in [2.24, 2.45) is 0 Å². The van der Waals surface area contributed by atoms with E-state index >= 15 is 0 Å². The molecule has 38 heavy (non-hydrogen) atoms. The van der Waals surface area contributed by atoms with Gasteiger partial charge in [0.1, 0.15) is 0 Å². The molecule has 0 unspecified atom stereocenters. The summed E-state index contributed by atoms with van der Waals surface area (Å²) in [5.41, 5.74) is 9.73. The Morgan fingerprint density at radius 2 is 1.76 bits per heavy atom. The van der Waals surface area contributed by atoms with Gasteiger partial charge in [0.05, 0.1) is 0 Å². The summed E-state index contributed by atoms with van der Waals surface area (Å²) in [7, 11) is 0. The number of halogens is 3. The van der Waals surface area contributed by atoms with E-state index in [2.05, 4.69) is 146 Å². The summed E-state index contributed by atoms with van der Waals surface area (Å²) in [6.07, 6.45) is 12.0. The lowest BCUT2D eigenvalue weighted by molar-refractivity contribution is 0.633. The van der Waals surface area contributed by atoms with Crippen LogP contribution < -0.4 is 4.90 Å². The summed E-state index contributed by atoms with van der Waals surface area (Å²) in [6, 6.07) is 13.1. The number of rotatable bonds is 6. The largest absolute Gasteiger partial charge is 0.344 e. The number of hydrogen-bond donors (Lipinski definition) is 0. The molecule has 0 saturated heterocycles. The lowest BCUT2D eigenvalue weighted by Gasteiger charge is -2.28. The molecule has 0 fully saturated rings. The zero-order valence-corrected chi connectivity index (χ0v) is 27.3. The van der Waals surface area contributed by atoms with E-state index in [0.717, 1.165) is 45.4 Å². The molecule has 0 radical (unpaired) electrons. The third kappa shape index (κ3) is 5.58. The minimum absolute atomic E-state index is 0.0757. The minimum atomic E-state index is -0.184. The van der Waals surface area contributed by atoms with Gasteiger partial charge in [0.2, 0.25) is 0 Å². The fourth-order valence-electron chi connectivity index (χ4n) is 5.73. The van der Waals surface area contributed by atoms with Crippen molar-refractivity contribution in [3.05, 3.63) is 120 Å². The fourth-order valence-corrected chi connectivity index (χ4v) is 6.76. The Morgan fingerprint density at radius 3 is 2.47 bits per heavy atom. The number of hydrogen-bond acceptors (Lipinski definition) is 1. The summed E-state index contributed by atoms with van der Waals surface area (Å²) in [4.78, 5) is 2.43. The molecule has 0 atom stereocenters. The number of allylic oxidation sites excluding steroid dienone is 9. The van der Waals surface area contributed by atoms with Gasteiger partial charge in [0.15, 0.2) is 0 Å². The van der Waals surface area contributed by atoms with E-state index in [9.17, 15) is 0 Å². The van der Waals surface area contributed by atoms with Crippen molar-refractivity contribution in [1.29, 1.82) is 0 Å². The minimum Gasteiger partial charge on any atom is -0.344 e. The summed E-state index contributed by atoms with van der Waals surface area (Å²) in [6.45, 7) is 18.9. The Labute approximate surface area is 251 Å². The average molecular weight is 656 g/mol. The molecule has 4 rings (SSSR count). The van der Waals surface area contributed by atoms with Gasteiger partial charge in [-0.3, -0.25) is 0 Å². The molecule has 2 aromatic rings. The molecule has 0 aromatic heterocycles. The van der Waals surface area contributed by atoms with Gasteiger partial charge in [-0.2, -0.15) is 0 Å². The molecule has 1 aliphatic carbocycles. The van der Waals surface area contributed by atoms with Crippen molar-refractivity contribution in [1.82, 2.24) is 0 Å². The smallest absolute Gasteiger partial charge is 0.0469 e. The van der Waals surface area contributed by atoms with Gasteiger partial charge in [0, 0.05) is 42.7 Å². The van der Waals surface area contributed by atoms with E-state index in [4.69, 9.17) is 11.6 Å². The first-order chi connectivity index (χ1) is 17.9. The van der Waals surface area contributed by atoms with Gasteiger partial charge in [-0.1, -0.05) is 102 Å². The number of anilines is 1. The fraction of sp³-hybridized carbons (Fsp3) is 0.353. The maximum Gasteiger partial charge on any atom is 0.0469 e. The van der Waals surface area contributed by atoms with Gasteiger partial charge < -0.3 is 4.90 Å². The molecule has 0 amide bonds. The third-order valence-electron chi connectivity index (χ3n) is 8.23. The standard InChI is InChI=1S/C34H38Br2ClN/c1-8-38-30-18-17-27(36)21-29(30)34(6,7)31(38)19-15-25-11-9-10-24(32(25)37)14-13-23(3)33(4,5)28-20-26(35)16-12-22(28)2/h12-21H,3,8-11H2,1-2,4-7H3/b14-13+,25-15+,31-19+. The van der Waals surface area contributed by atoms with Crippen molar-refractivity contribution in [2.75, 3.05) is 11.4 Å². The predicted molar refractivity (Wildman–Crippen MR) is 173 cm³/mol. The summed E-state index contributed by atoms with van der Waals surface area (Å²) < 4.78 is 2.21. The molecule has 4 heteroatoms. The van der Waals surface area contributed by atoms with Crippen LogP contribution in [0.2, 0.25) is 0 Å². The average Bonchev–Trinajstić information content (AvgIpc) is 3.08. The molecule has 0 N–H and O–H groups in total. The first-order valence-electron chi connectivity index (χ1n) is 13.4. The van der Waals surface area contributed by atoms with E-state index < -0.39 is 0 Å². The third-order valence-corrected chi connectivity index (χ3v) is 9.70. The SMILES string of the molecule is C=C(/C=C/C1=C(Cl)C(=C/C=C2/N(CC)c3ccc(Br)cc3C2(C)C)/CCC1)C(C)(C)c1cc(Br)ccc1C. The van der Waals surface area contributed by atoms with E-state index in [1.165, 1.54) is 39.2 Å². The van der Waals surface area contributed by atoms with E-state index in [1.807, 2.05) is 0 Å². The normalized spacial score (nSPS) is 19.7. The van der Waals surface area contributed by atoms with Gasteiger partial charge in [-0.15, -0.1) is 0 Å². The second-order valence-corrected chi connectivity index (χ2v) is 13.6. The van der Waals surface area contributed by atoms with Crippen molar-refractivity contribution in [2.45, 2.75) is 71.6 Å². The zero-order valence-electron chi connectivity index (χ0n) is 23.4. The molecule has 0 bridgehead atoms. The van der Waals surface area contributed by atoms with E-state index in [1.54, 1.807) is 0 Å². The summed E-state index contributed by atoms with van der Waals surface area (Å²) >= 11 is 14.3. The van der Waals surface area contributed by atoms with Crippen LogP contribution in [0, 0.1) is 6.92 Å². The molecule has 200 valence electrons. The van der Waals surface area contributed by atoms with Gasteiger partial charge in [-0.05, 0) is 103 Å². The molecule has 0 spiro atoms. The number of nitrogens with zero attached hydrogens (tertiary/aromatic N) is 1. The van der Waals surface area contributed by atoms with Crippen LogP contribution in [0.5, 0.6) is 0 Å². The quantitative estimate of drug-likeness (QED) is 0.280. The van der Waals surface area contributed by atoms with Gasteiger partial charge in [0.25, 0.3) is 0 Å². The number of benzene rings is 2. The monoisotopic (exact) mass is 653 g/mol. The summed E-state index contributed by atoms with van der Waals surface area (Å²) in [5, 5.41) is 0.882. The van der Waals surface area contributed by atoms with Crippen molar-refractivity contribution in [3.63, 3.8) is 0 Å². The van der Waals surface area contributed by atoms with E-state index in [0.29, 0.717) is 0 Å². The van der Waals surface area contributed by atoms with Gasteiger partial charge in [-0.25, -0.2) is 0 Å². The molecule has 2 aliphatic rings. The van der Waals surface area contributed by atoms with Crippen LogP contribution >= 0.6 is 43.5 Å². The highest BCUT2D eigenvalue weighted by atomic mass is 79.9. The first kappa shape index (κ1) is 29.2. The Hall–Kier alpha value is -1.81. The van der Waals surface area contributed by atoms with Crippen LogP contribution in [0.4, 0.5) is 5.69 Å². The lowest BCUT2D eigenvalue weighted by Crippen LogP contribution is -2.25. The molecular weight excluding hydrogens is 618 g/mol. The van der Waals surface area contributed by atoms with Crippen LogP contribution in [0.15, 0.2) is 104 Å². The van der Waals surface area contributed by atoms with Crippen LogP contribution in [-0.4, -0.2) is 6.54 Å². The molecule has 2 aromatic carbocycles. The second kappa shape index (κ2) is 11.4. The predicted octanol–water partition coefficient (Wildman–Crippen LogP) is 11.2. The Balaban J connectivity index is 1.62. The highest BCUT2D eigenvalue weighted by molar-refractivity contribution is 9.10. The lowest BCUT2D eigenvalue weighted by atomic mass is 9.76. The maximum atomic E-state index is 7.02. The highest BCUT2D eigenvalue weighted by Gasteiger charge is 2.39. The van der Waals surface area contributed by atoms with Crippen LogP contribution in [-0.2, 0) is 10.8 Å². The number of aryl methyl sites for hydroxylation is 1. The highest BCUT2D eigenvalue weighted by Crippen LogP contribution is 2.48. The number of fused-ring (bicyclic) bond motifs is 1. The van der Waals surface area contributed by atoms with Crippen LogP contribution in [0.1, 0.15) is 70.6 Å². The Morgan fingerprint density at radius 1 is 1.08 bits per heavy atom. The zero-order chi connectivity index (χ0) is 27.8. The maximum absolute atomic E-state index is 7.02. The topological polar surface area (TPSA) is 3.24 Å². The molecule has 1 aliphatic heterocycles. The van der Waals surface area contributed by atoms with Crippen molar-refractivity contribution >= 4 is 49.1 Å². The van der Waals surface area contributed by atoms with Crippen LogP contribution in [0.25, 0.3) is 0 Å². The van der Waals surface area contributed by atoms with Gasteiger partial charge >= 0.3 is 0 Å². The molecular formula is C34H38Br2ClN. The molecule has 0 saturated carbocycles.